The molecule has 1 heterocycles. The Balaban J connectivity index is 1.77. The fraction of sp³-hybridized carbons (Fsp3) is 0.467. The SMILES string of the molecule is CCNC(=O)NCCCOC(=O)c1cccc2c1OCCO2. The lowest BCUT2D eigenvalue weighted by molar-refractivity contribution is 0.0492. The van der Waals surface area contributed by atoms with Crippen LogP contribution < -0.4 is 20.1 Å². The Bertz CT molecular complexity index is 533. The quantitative estimate of drug-likeness (QED) is 0.611. The minimum Gasteiger partial charge on any atom is -0.486 e. The summed E-state index contributed by atoms with van der Waals surface area (Å²) in [5.74, 6) is 0.526. The van der Waals surface area contributed by atoms with E-state index in [4.69, 9.17) is 14.2 Å². The lowest BCUT2D eigenvalue weighted by Gasteiger charge is -2.20. The lowest BCUT2D eigenvalue weighted by Crippen LogP contribution is -2.36. The first-order valence-corrected chi connectivity index (χ1v) is 7.29. The predicted molar refractivity (Wildman–Crippen MR) is 79.4 cm³/mol. The second-order valence-corrected chi connectivity index (χ2v) is 4.61. The van der Waals surface area contributed by atoms with Crippen LogP contribution in [0.2, 0.25) is 0 Å². The van der Waals surface area contributed by atoms with Gasteiger partial charge in [0.1, 0.15) is 18.8 Å². The van der Waals surface area contributed by atoms with Crippen molar-refractivity contribution in [3.8, 4) is 11.5 Å². The smallest absolute Gasteiger partial charge is 0.342 e. The highest BCUT2D eigenvalue weighted by Crippen LogP contribution is 2.33. The van der Waals surface area contributed by atoms with Gasteiger partial charge in [-0.15, -0.1) is 0 Å². The van der Waals surface area contributed by atoms with Crippen LogP contribution in [0.25, 0.3) is 0 Å². The van der Waals surface area contributed by atoms with Crippen molar-refractivity contribution in [2.75, 3.05) is 32.9 Å². The number of amides is 2. The standard InChI is InChI=1S/C15H20N2O5/c1-2-16-15(19)17-7-4-8-22-14(18)11-5-3-6-12-13(11)21-10-9-20-12/h3,5-6H,2,4,7-10H2,1H3,(H2,16,17,19). The Kier molecular flexibility index (Phi) is 5.88. The zero-order valence-corrected chi connectivity index (χ0v) is 12.5. The highest BCUT2D eigenvalue weighted by atomic mass is 16.6. The topological polar surface area (TPSA) is 85.9 Å². The Labute approximate surface area is 128 Å². The summed E-state index contributed by atoms with van der Waals surface area (Å²) in [6, 6.07) is 4.89. The first-order valence-electron chi connectivity index (χ1n) is 7.29. The summed E-state index contributed by atoms with van der Waals surface area (Å²) in [5, 5.41) is 5.28. The minimum absolute atomic E-state index is 0.218. The number of fused-ring (bicyclic) bond motifs is 1. The number of urea groups is 1. The number of nitrogens with one attached hydrogen (secondary N) is 2. The van der Waals surface area contributed by atoms with Crippen LogP contribution >= 0.6 is 0 Å². The third kappa shape index (κ3) is 4.28. The molecule has 7 nitrogen and oxygen atoms in total. The van der Waals surface area contributed by atoms with Crippen LogP contribution in [0.1, 0.15) is 23.7 Å². The van der Waals surface area contributed by atoms with Crippen molar-refractivity contribution >= 4 is 12.0 Å². The van der Waals surface area contributed by atoms with Crippen LogP contribution in [0.4, 0.5) is 4.79 Å². The molecule has 1 aromatic carbocycles. The summed E-state index contributed by atoms with van der Waals surface area (Å²) in [4.78, 5) is 23.2. The van der Waals surface area contributed by atoms with Crippen LogP contribution in [0.3, 0.4) is 0 Å². The van der Waals surface area contributed by atoms with Crippen molar-refractivity contribution in [2.45, 2.75) is 13.3 Å². The molecule has 120 valence electrons. The molecule has 1 aliphatic heterocycles. The van der Waals surface area contributed by atoms with E-state index in [0.29, 0.717) is 49.8 Å². The maximum atomic E-state index is 12.1. The van der Waals surface area contributed by atoms with E-state index in [-0.39, 0.29) is 12.6 Å². The molecule has 0 unspecified atom stereocenters. The number of carbonyl (C=O) groups is 2. The normalized spacial score (nSPS) is 12.4. The lowest BCUT2D eigenvalue weighted by atomic mass is 10.2. The molecule has 2 rings (SSSR count). The molecule has 7 heteroatoms. The molecule has 0 aliphatic carbocycles. The van der Waals surface area contributed by atoms with Crippen LogP contribution in [-0.2, 0) is 4.74 Å². The summed E-state index contributed by atoms with van der Waals surface area (Å²) in [6.07, 6.45) is 0.537. The van der Waals surface area contributed by atoms with E-state index in [9.17, 15) is 9.59 Å². The van der Waals surface area contributed by atoms with Crippen molar-refractivity contribution in [1.82, 2.24) is 10.6 Å². The van der Waals surface area contributed by atoms with E-state index in [1.54, 1.807) is 18.2 Å². The van der Waals surface area contributed by atoms with Gasteiger partial charge in [-0.1, -0.05) is 6.07 Å². The molecule has 0 saturated carbocycles. The van der Waals surface area contributed by atoms with E-state index in [1.807, 2.05) is 6.92 Å². The number of hydrogen-bond acceptors (Lipinski definition) is 5. The zero-order valence-electron chi connectivity index (χ0n) is 12.5. The second kappa shape index (κ2) is 8.11. The zero-order chi connectivity index (χ0) is 15.8. The van der Waals surface area contributed by atoms with E-state index in [2.05, 4.69) is 10.6 Å². The average Bonchev–Trinajstić information content (AvgIpc) is 2.54. The molecule has 22 heavy (non-hydrogen) atoms. The maximum absolute atomic E-state index is 12.1. The molecule has 0 atom stereocenters. The molecule has 1 aliphatic rings. The highest BCUT2D eigenvalue weighted by molar-refractivity contribution is 5.93. The third-order valence-corrected chi connectivity index (χ3v) is 2.96. The molecule has 0 saturated heterocycles. The van der Waals surface area contributed by atoms with Gasteiger partial charge in [-0.2, -0.15) is 0 Å². The van der Waals surface area contributed by atoms with E-state index in [1.165, 1.54) is 0 Å². The highest BCUT2D eigenvalue weighted by Gasteiger charge is 2.21. The van der Waals surface area contributed by atoms with Crippen molar-refractivity contribution in [3.63, 3.8) is 0 Å². The van der Waals surface area contributed by atoms with E-state index in [0.717, 1.165) is 0 Å². The number of para-hydroxylation sites is 1. The van der Waals surface area contributed by atoms with Gasteiger partial charge in [0, 0.05) is 13.1 Å². The summed E-state index contributed by atoms with van der Waals surface area (Å²) >= 11 is 0. The number of esters is 1. The number of hydrogen-bond donors (Lipinski definition) is 2. The molecular weight excluding hydrogens is 288 g/mol. The van der Waals surface area contributed by atoms with E-state index < -0.39 is 5.97 Å². The Morgan fingerprint density at radius 2 is 2.05 bits per heavy atom. The molecule has 0 radical (unpaired) electrons. The Hall–Kier alpha value is -2.44. The minimum atomic E-state index is -0.458. The molecule has 2 N–H and O–H groups in total. The Morgan fingerprint density at radius 1 is 1.23 bits per heavy atom. The van der Waals surface area contributed by atoms with Crippen molar-refractivity contribution in [1.29, 1.82) is 0 Å². The van der Waals surface area contributed by atoms with Gasteiger partial charge in [0.25, 0.3) is 0 Å². The molecular formula is C15H20N2O5. The second-order valence-electron chi connectivity index (χ2n) is 4.61. The first-order chi connectivity index (χ1) is 10.7. The van der Waals surface area contributed by atoms with Crippen molar-refractivity contribution in [2.24, 2.45) is 0 Å². The predicted octanol–water partition coefficient (Wildman–Crippen LogP) is 1.32. The molecule has 0 fully saturated rings. The van der Waals surface area contributed by atoms with Crippen molar-refractivity contribution in [3.05, 3.63) is 23.8 Å². The fourth-order valence-corrected chi connectivity index (χ4v) is 1.97. The Morgan fingerprint density at radius 3 is 2.86 bits per heavy atom. The van der Waals surface area contributed by atoms with Crippen LogP contribution in [0, 0.1) is 0 Å². The summed E-state index contributed by atoms with van der Waals surface area (Å²) in [6.45, 7) is 3.95. The molecule has 1 aromatic rings. The van der Waals surface area contributed by atoms with Gasteiger partial charge in [0.15, 0.2) is 11.5 Å². The largest absolute Gasteiger partial charge is 0.486 e. The van der Waals surface area contributed by atoms with Gasteiger partial charge < -0.3 is 24.8 Å². The summed E-state index contributed by atoms with van der Waals surface area (Å²) in [7, 11) is 0. The van der Waals surface area contributed by atoms with Gasteiger partial charge in [-0.25, -0.2) is 9.59 Å². The molecule has 0 spiro atoms. The first kappa shape index (κ1) is 15.9. The average molecular weight is 308 g/mol. The van der Waals surface area contributed by atoms with Gasteiger partial charge in [0.05, 0.1) is 6.61 Å². The van der Waals surface area contributed by atoms with Crippen molar-refractivity contribution < 1.29 is 23.8 Å². The molecule has 0 aromatic heterocycles. The number of ether oxygens (including phenoxy) is 3. The summed E-state index contributed by atoms with van der Waals surface area (Å²) in [5.41, 5.74) is 0.355. The summed E-state index contributed by atoms with van der Waals surface area (Å²) < 4.78 is 16.1. The monoisotopic (exact) mass is 308 g/mol. The van der Waals surface area contributed by atoms with Gasteiger partial charge in [-0.05, 0) is 25.5 Å². The molecule has 0 bridgehead atoms. The number of carbonyl (C=O) groups excluding carboxylic acids is 2. The molecule has 2 amide bonds. The van der Waals surface area contributed by atoms with Gasteiger partial charge in [-0.3, -0.25) is 0 Å². The number of benzene rings is 1. The maximum Gasteiger partial charge on any atom is 0.342 e. The van der Waals surface area contributed by atoms with Gasteiger partial charge >= 0.3 is 12.0 Å². The number of rotatable bonds is 6. The van der Waals surface area contributed by atoms with Crippen LogP contribution in [-0.4, -0.2) is 44.9 Å². The van der Waals surface area contributed by atoms with Gasteiger partial charge in [0.2, 0.25) is 0 Å². The fourth-order valence-electron chi connectivity index (χ4n) is 1.97. The third-order valence-electron chi connectivity index (χ3n) is 2.96. The van der Waals surface area contributed by atoms with Crippen LogP contribution in [0.5, 0.6) is 11.5 Å². The van der Waals surface area contributed by atoms with E-state index >= 15 is 0 Å². The van der Waals surface area contributed by atoms with Crippen LogP contribution in [0.15, 0.2) is 18.2 Å².